The smallest absolute Gasteiger partial charge is 0.251 e. The van der Waals surface area contributed by atoms with E-state index in [4.69, 9.17) is 4.98 Å². The van der Waals surface area contributed by atoms with Crippen molar-refractivity contribution in [2.75, 3.05) is 11.5 Å². The van der Waals surface area contributed by atoms with Crippen LogP contribution in [0.1, 0.15) is 24.4 Å². The van der Waals surface area contributed by atoms with Crippen molar-refractivity contribution < 1.29 is 0 Å². The zero-order chi connectivity index (χ0) is 14.7. The first-order valence-corrected chi connectivity index (χ1v) is 9.27. The standard InChI is InChI=1S/C16H18N2OS2/c1-2-13-15(21-9-8-20-13)16-17-12(10-14(19)18-16)11-6-4-3-5-7-11/h3-7,10,13,15H,2,8-9H2,1H3,(H,17,18,19). The van der Waals surface area contributed by atoms with Crippen molar-refractivity contribution in [3.05, 3.63) is 52.6 Å². The molecule has 1 aliphatic rings. The number of rotatable bonds is 3. The lowest BCUT2D eigenvalue weighted by atomic mass is 10.1. The molecule has 1 aromatic heterocycles. The molecule has 21 heavy (non-hydrogen) atoms. The van der Waals surface area contributed by atoms with Crippen molar-refractivity contribution >= 4 is 23.5 Å². The lowest BCUT2D eigenvalue weighted by molar-refractivity contribution is 0.746. The molecule has 2 atom stereocenters. The second-order valence-corrected chi connectivity index (χ2v) is 7.59. The highest BCUT2D eigenvalue weighted by Gasteiger charge is 2.28. The molecular weight excluding hydrogens is 300 g/mol. The van der Waals surface area contributed by atoms with E-state index >= 15 is 0 Å². The summed E-state index contributed by atoms with van der Waals surface area (Å²) in [5.41, 5.74) is 1.69. The molecule has 1 saturated heterocycles. The molecule has 1 fully saturated rings. The molecule has 0 bridgehead atoms. The second-order valence-electron chi connectivity index (χ2n) is 4.99. The van der Waals surface area contributed by atoms with Crippen molar-refractivity contribution in [2.45, 2.75) is 23.8 Å². The minimum Gasteiger partial charge on any atom is -0.310 e. The summed E-state index contributed by atoms with van der Waals surface area (Å²) in [7, 11) is 0. The molecule has 2 heterocycles. The van der Waals surface area contributed by atoms with Crippen LogP contribution in [0.25, 0.3) is 11.3 Å². The largest absolute Gasteiger partial charge is 0.310 e. The molecule has 0 saturated carbocycles. The maximum absolute atomic E-state index is 12.0. The molecular formula is C16H18N2OS2. The predicted octanol–water partition coefficient (Wildman–Crippen LogP) is 3.74. The summed E-state index contributed by atoms with van der Waals surface area (Å²) in [6, 6.07) is 11.5. The molecule has 0 amide bonds. The maximum atomic E-state index is 12.0. The average Bonchev–Trinajstić information content (AvgIpc) is 2.55. The third kappa shape index (κ3) is 3.35. The molecule has 0 aliphatic carbocycles. The van der Waals surface area contributed by atoms with Gasteiger partial charge in [0.1, 0.15) is 5.82 Å². The Hall–Kier alpha value is -1.20. The van der Waals surface area contributed by atoms with E-state index < -0.39 is 0 Å². The number of hydrogen-bond donors (Lipinski definition) is 1. The number of nitrogens with one attached hydrogen (secondary N) is 1. The summed E-state index contributed by atoms with van der Waals surface area (Å²) in [6.45, 7) is 2.20. The van der Waals surface area contributed by atoms with Crippen molar-refractivity contribution in [2.24, 2.45) is 0 Å². The average molecular weight is 318 g/mol. The van der Waals surface area contributed by atoms with Gasteiger partial charge in [-0.1, -0.05) is 37.3 Å². The van der Waals surface area contributed by atoms with Crippen LogP contribution >= 0.6 is 23.5 Å². The number of hydrogen-bond acceptors (Lipinski definition) is 4. The summed E-state index contributed by atoms with van der Waals surface area (Å²) in [6.07, 6.45) is 1.10. The first kappa shape index (κ1) is 14.7. The monoisotopic (exact) mass is 318 g/mol. The topological polar surface area (TPSA) is 45.8 Å². The number of benzene rings is 1. The molecule has 0 spiro atoms. The molecule has 110 valence electrons. The third-order valence-corrected chi connectivity index (χ3v) is 6.81. The third-order valence-electron chi connectivity index (χ3n) is 3.55. The van der Waals surface area contributed by atoms with Gasteiger partial charge >= 0.3 is 0 Å². The van der Waals surface area contributed by atoms with Crippen LogP contribution in [-0.4, -0.2) is 26.7 Å². The van der Waals surface area contributed by atoms with Crippen LogP contribution in [0, 0.1) is 0 Å². The van der Waals surface area contributed by atoms with E-state index in [9.17, 15) is 4.79 Å². The maximum Gasteiger partial charge on any atom is 0.251 e. The van der Waals surface area contributed by atoms with Crippen molar-refractivity contribution in [1.29, 1.82) is 0 Å². The van der Waals surface area contributed by atoms with Gasteiger partial charge in [-0.05, 0) is 6.42 Å². The zero-order valence-corrected chi connectivity index (χ0v) is 13.5. The van der Waals surface area contributed by atoms with Crippen LogP contribution in [0.15, 0.2) is 41.2 Å². The minimum absolute atomic E-state index is 0.0649. The van der Waals surface area contributed by atoms with Gasteiger partial charge in [-0.15, -0.1) is 11.8 Å². The molecule has 2 aromatic rings. The fraction of sp³-hybridized carbons (Fsp3) is 0.375. The highest BCUT2D eigenvalue weighted by molar-refractivity contribution is 8.06. The van der Waals surface area contributed by atoms with E-state index in [-0.39, 0.29) is 10.8 Å². The van der Waals surface area contributed by atoms with Gasteiger partial charge in [-0.2, -0.15) is 11.8 Å². The van der Waals surface area contributed by atoms with Gasteiger partial charge in [-0.3, -0.25) is 4.79 Å². The summed E-state index contributed by atoms with van der Waals surface area (Å²) >= 11 is 3.90. The van der Waals surface area contributed by atoms with E-state index in [1.165, 1.54) is 5.75 Å². The Bertz CT molecular complexity index is 657. The molecule has 0 radical (unpaired) electrons. The van der Waals surface area contributed by atoms with Gasteiger partial charge in [0.05, 0.1) is 10.9 Å². The van der Waals surface area contributed by atoms with Crippen LogP contribution in [0.5, 0.6) is 0 Å². The van der Waals surface area contributed by atoms with Gasteiger partial charge in [0, 0.05) is 28.4 Å². The first-order chi connectivity index (χ1) is 10.3. The van der Waals surface area contributed by atoms with Crippen LogP contribution in [0.3, 0.4) is 0 Å². The molecule has 3 nitrogen and oxygen atoms in total. The highest BCUT2D eigenvalue weighted by Crippen LogP contribution is 2.42. The lowest BCUT2D eigenvalue weighted by Gasteiger charge is -2.29. The quantitative estimate of drug-likeness (QED) is 0.936. The summed E-state index contributed by atoms with van der Waals surface area (Å²) < 4.78 is 0. The SMILES string of the molecule is CCC1SCCSC1c1nc(-c2ccccc2)cc(=O)[nH]1. The number of nitrogens with zero attached hydrogens (tertiary/aromatic N) is 1. The van der Waals surface area contributed by atoms with Gasteiger partial charge in [0.25, 0.3) is 5.56 Å². The number of thioether (sulfide) groups is 2. The lowest BCUT2D eigenvalue weighted by Crippen LogP contribution is -2.23. The van der Waals surface area contributed by atoms with Gasteiger partial charge < -0.3 is 4.98 Å². The normalized spacial score (nSPS) is 22.1. The van der Waals surface area contributed by atoms with Crippen molar-refractivity contribution in [1.82, 2.24) is 9.97 Å². The first-order valence-electron chi connectivity index (χ1n) is 7.18. The fourth-order valence-corrected chi connectivity index (χ4v) is 5.54. The Morgan fingerprint density at radius 2 is 2.00 bits per heavy atom. The second kappa shape index (κ2) is 6.71. The van der Waals surface area contributed by atoms with E-state index in [0.717, 1.165) is 29.3 Å². The summed E-state index contributed by atoms with van der Waals surface area (Å²) in [4.78, 5) is 19.7. The molecule has 1 aliphatic heterocycles. The summed E-state index contributed by atoms with van der Waals surface area (Å²) in [5.74, 6) is 3.12. The van der Waals surface area contributed by atoms with Gasteiger partial charge in [0.15, 0.2) is 0 Å². The molecule has 2 unspecified atom stereocenters. The summed E-state index contributed by atoms with van der Waals surface area (Å²) in [5, 5.41) is 0.808. The van der Waals surface area contributed by atoms with Crippen LogP contribution in [0.2, 0.25) is 0 Å². The fourth-order valence-electron chi connectivity index (χ4n) is 2.52. The molecule has 1 aromatic carbocycles. The van der Waals surface area contributed by atoms with E-state index in [2.05, 4.69) is 11.9 Å². The Morgan fingerprint density at radius 1 is 1.24 bits per heavy atom. The van der Waals surface area contributed by atoms with Crippen LogP contribution in [0.4, 0.5) is 0 Å². The molecule has 3 rings (SSSR count). The van der Waals surface area contributed by atoms with Gasteiger partial charge in [0.2, 0.25) is 0 Å². The Kier molecular flexibility index (Phi) is 4.70. The number of aromatic nitrogens is 2. The minimum atomic E-state index is -0.0649. The van der Waals surface area contributed by atoms with E-state index in [1.54, 1.807) is 6.07 Å². The van der Waals surface area contributed by atoms with Crippen LogP contribution in [-0.2, 0) is 0 Å². The number of H-pyrrole nitrogens is 1. The highest BCUT2D eigenvalue weighted by atomic mass is 32.2. The predicted molar refractivity (Wildman–Crippen MR) is 92.0 cm³/mol. The molecule has 1 N–H and O–H groups in total. The van der Waals surface area contributed by atoms with Crippen LogP contribution < -0.4 is 5.56 Å². The van der Waals surface area contributed by atoms with Crippen molar-refractivity contribution in [3.8, 4) is 11.3 Å². The Morgan fingerprint density at radius 3 is 2.76 bits per heavy atom. The van der Waals surface area contributed by atoms with E-state index in [0.29, 0.717) is 5.25 Å². The van der Waals surface area contributed by atoms with Gasteiger partial charge in [-0.25, -0.2) is 4.98 Å². The Balaban J connectivity index is 2.00. The van der Waals surface area contributed by atoms with E-state index in [1.807, 2.05) is 53.9 Å². The molecule has 5 heteroatoms. The Labute approximate surface area is 133 Å². The van der Waals surface area contributed by atoms with Crippen molar-refractivity contribution in [3.63, 3.8) is 0 Å². The number of aromatic amines is 1. The zero-order valence-electron chi connectivity index (χ0n) is 11.9.